The Morgan fingerprint density at radius 2 is 1.81 bits per heavy atom. The molecule has 88 valence electrons. The van der Waals surface area contributed by atoms with Gasteiger partial charge in [0.15, 0.2) is 0 Å². The third-order valence-corrected chi connectivity index (χ3v) is 6.81. The van der Waals surface area contributed by atoms with Crippen molar-refractivity contribution in [3.63, 3.8) is 0 Å². The topological polar surface area (TPSA) is 76.8 Å². The lowest BCUT2D eigenvalue weighted by Crippen LogP contribution is -2.34. The van der Waals surface area contributed by atoms with Crippen molar-refractivity contribution in [2.45, 2.75) is 26.6 Å². The van der Waals surface area contributed by atoms with Crippen LogP contribution in [0.3, 0.4) is 0 Å². The summed E-state index contributed by atoms with van der Waals surface area (Å²) in [6.45, 7) is 8.88. The predicted molar refractivity (Wildman–Crippen MR) is 75.3 cm³/mol. The van der Waals surface area contributed by atoms with Gasteiger partial charge in [0.2, 0.25) is 5.96 Å². The number of rotatable bonds is 3. The van der Waals surface area contributed by atoms with Crippen LogP contribution in [0.4, 0.5) is 0 Å². The first kappa shape index (κ1) is 12.9. The summed E-state index contributed by atoms with van der Waals surface area (Å²) < 4.78 is 1.46. The van der Waals surface area contributed by atoms with Gasteiger partial charge >= 0.3 is 0 Å². The molecule has 0 radical (unpaired) electrons. The molecule has 0 bridgehead atoms. The first-order chi connectivity index (χ1) is 7.30. The summed E-state index contributed by atoms with van der Waals surface area (Å²) in [6, 6.07) is 4.26. The zero-order valence-electron chi connectivity index (χ0n) is 10.1. The molecule has 4 N–H and O–H groups in total. The van der Waals surface area contributed by atoms with E-state index in [9.17, 15) is 0 Å². The van der Waals surface area contributed by atoms with Crippen LogP contribution in [0.2, 0.25) is 19.6 Å². The van der Waals surface area contributed by atoms with E-state index in [1.807, 2.05) is 6.92 Å². The first-order valence-corrected chi connectivity index (χ1v) is 9.36. The summed E-state index contributed by atoms with van der Waals surface area (Å²) in [5.74, 6) is -0.0127. The molecule has 0 saturated carbocycles. The second-order valence-electron chi connectivity index (χ2n) is 4.62. The summed E-state index contributed by atoms with van der Waals surface area (Å²) in [5.41, 5.74) is 11.3. The van der Waals surface area contributed by atoms with Crippen molar-refractivity contribution in [2.75, 3.05) is 0 Å². The Balaban J connectivity index is 2.95. The maximum atomic E-state index is 5.22. The van der Waals surface area contributed by atoms with E-state index < -0.39 is 8.07 Å². The van der Waals surface area contributed by atoms with Crippen molar-refractivity contribution in [1.82, 2.24) is 0 Å². The molecule has 6 heteroatoms. The molecule has 1 aromatic heterocycles. The van der Waals surface area contributed by atoms with Gasteiger partial charge in [0, 0.05) is 4.88 Å². The lowest BCUT2D eigenvalue weighted by Gasteiger charge is -2.12. The minimum Gasteiger partial charge on any atom is -0.369 e. The van der Waals surface area contributed by atoms with Crippen LogP contribution in [0, 0.1) is 0 Å². The molecule has 0 amide bonds. The molecule has 1 aromatic rings. The number of hydrogen-bond donors (Lipinski definition) is 2. The molecule has 4 nitrogen and oxygen atoms in total. The molecular weight excluding hydrogens is 236 g/mol. The molecule has 1 heterocycles. The monoisotopic (exact) mass is 254 g/mol. The van der Waals surface area contributed by atoms with Crippen molar-refractivity contribution in [2.24, 2.45) is 21.7 Å². The van der Waals surface area contributed by atoms with Gasteiger partial charge < -0.3 is 11.5 Å². The highest BCUT2D eigenvalue weighted by atomic mass is 32.1. The van der Waals surface area contributed by atoms with E-state index in [0.717, 1.165) is 10.6 Å². The Morgan fingerprint density at radius 3 is 2.25 bits per heavy atom. The van der Waals surface area contributed by atoms with Crippen molar-refractivity contribution in [3.8, 4) is 0 Å². The predicted octanol–water partition coefficient (Wildman–Crippen LogP) is 1.29. The molecule has 0 atom stereocenters. The fourth-order valence-corrected chi connectivity index (χ4v) is 3.95. The lowest BCUT2D eigenvalue weighted by molar-refractivity contribution is 1.20. The number of nitrogens with zero attached hydrogens (tertiary/aromatic N) is 2. The average Bonchev–Trinajstić information content (AvgIpc) is 2.61. The Hall–Kier alpha value is -1.14. The highest BCUT2D eigenvalue weighted by molar-refractivity contribution is 7.27. The summed E-state index contributed by atoms with van der Waals surface area (Å²) in [6.07, 6.45) is 0. The van der Waals surface area contributed by atoms with Crippen molar-refractivity contribution >= 4 is 35.6 Å². The third-order valence-electron chi connectivity index (χ3n) is 2.02. The van der Waals surface area contributed by atoms with Gasteiger partial charge in [0.05, 0.1) is 13.8 Å². The molecule has 0 aromatic carbocycles. The zero-order chi connectivity index (χ0) is 12.3. The van der Waals surface area contributed by atoms with Gasteiger partial charge in [-0.25, -0.2) is 0 Å². The minimum absolute atomic E-state index is 0.0127. The van der Waals surface area contributed by atoms with Gasteiger partial charge in [0.1, 0.15) is 0 Å². The summed E-state index contributed by atoms with van der Waals surface area (Å²) in [7, 11) is -1.22. The summed E-state index contributed by atoms with van der Waals surface area (Å²) in [4.78, 5) is 1.13. The highest BCUT2D eigenvalue weighted by Crippen LogP contribution is 2.14. The second-order valence-corrected chi connectivity index (χ2v) is 11.1. The molecule has 0 unspecified atom stereocenters. The van der Waals surface area contributed by atoms with E-state index >= 15 is 0 Å². The molecule has 1 rings (SSSR count). The highest BCUT2D eigenvalue weighted by Gasteiger charge is 2.19. The number of hydrogen-bond acceptors (Lipinski definition) is 3. The zero-order valence-corrected chi connectivity index (χ0v) is 11.9. The molecular formula is C10H18N4SSi. The standard InChI is InChI=1S/C10H18N4SSi/c1-7(13-14-10(11)12)8-5-6-9(15-8)16(2,3)4/h5-6H,1-4H3,(H4,11,12,14)/b13-7+. The van der Waals surface area contributed by atoms with E-state index in [-0.39, 0.29) is 5.96 Å². The van der Waals surface area contributed by atoms with Gasteiger partial charge in [-0.3, -0.25) is 0 Å². The Bertz CT molecular complexity index is 424. The van der Waals surface area contributed by atoms with Gasteiger partial charge in [-0.1, -0.05) is 25.7 Å². The van der Waals surface area contributed by atoms with Crippen molar-refractivity contribution in [1.29, 1.82) is 0 Å². The maximum absolute atomic E-state index is 5.22. The minimum atomic E-state index is -1.22. The van der Waals surface area contributed by atoms with Crippen LogP contribution >= 0.6 is 11.3 Å². The number of guanidine groups is 1. The summed E-state index contributed by atoms with van der Waals surface area (Å²) in [5, 5.41) is 7.62. The molecule has 0 aliphatic carbocycles. The van der Waals surface area contributed by atoms with Crippen molar-refractivity contribution < 1.29 is 0 Å². The smallest absolute Gasteiger partial charge is 0.211 e. The number of thiophene rings is 1. The van der Waals surface area contributed by atoms with E-state index in [1.165, 1.54) is 4.50 Å². The van der Waals surface area contributed by atoms with Crippen LogP contribution in [0.1, 0.15) is 11.8 Å². The van der Waals surface area contributed by atoms with Crippen LogP contribution in [-0.2, 0) is 0 Å². The maximum Gasteiger partial charge on any atom is 0.211 e. The van der Waals surface area contributed by atoms with Crippen LogP contribution in [0.25, 0.3) is 0 Å². The molecule has 0 fully saturated rings. The fraction of sp³-hybridized carbons (Fsp3) is 0.400. The SMILES string of the molecule is C/C(=N\N=C(N)N)c1ccc([Si](C)(C)C)s1. The van der Waals surface area contributed by atoms with Crippen LogP contribution in [0.15, 0.2) is 22.3 Å². The van der Waals surface area contributed by atoms with E-state index in [2.05, 4.69) is 42.0 Å². The van der Waals surface area contributed by atoms with E-state index in [4.69, 9.17) is 11.5 Å². The first-order valence-electron chi connectivity index (χ1n) is 5.04. The Labute approximate surface area is 101 Å². The molecule has 16 heavy (non-hydrogen) atoms. The Kier molecular flexibility index (Phi) is 3.87. The molecule has 0 saturated heterocycles. The lowest BCUT2D eigenvalue weighted by atomic mass is 10.3. The fourth-order valence-electron chi connectivity index (χ4n) is 1.12. The third kappa shape index (κ3) is 3.46. The summed E-state index contributed by atoms with van der Waals surface area (Å²) >= 11 is 1.78. The van der Waals surface area contributed by atoms with E-state index in [1.54, 1.807) is 11.3 Å². The van der Waals surface area contributed by atoms with Gasteiger partial charge in [-0.15, -0.1) is 16.4 Å². The molecule has 0 spiro atoms. The van der Waals surface area contributed by atoms with Gasteiger partial charge in [-0.2, -0.15) is 5.10 Å². The molecule has 0 aliphatic heterocycles. The van der Waals surface area contributed by atoms with Crippen LogP contribution in [0.5, 0.6) is 0 Å². The second kappa shape index (κ2) is 4.79. The van der Waals surface area contributed by atoms with Crippen LogP contribution < -0.4 is 16.0 Å². The van der Waals surface area contributed by atoms with Gasteiger partial charge in [0.25, 0.3) is 0 Å². The van der Waals surface area contributed by atoms with Crippen LogP contribution in [-0.4, -0.2) is 19.7 Å². The number of nitrogens with two attached hydrogens (primary N) is 2. The average molecular weight is 254 g/mol. The van der Waals surface area contributed by atoms with Gasteiger partial charge in [-0.05, 0) is 17.5 Å². The van der Waals surface area contributed by atoms with Crippen molar-refractivity contribution in [3.05, 3.63) is 17.0 Å². The largest absolute Gasteiger partial charge is 0.369 e. The normalized spacial score (nSPS) is 12.6. The Morgan fingerprint density at radius 1 is 1.19 bits per heavy atom. The van der Waals surface area contributed by atoms with E-state index in [0.29, 0.717) is 0 Å². The quantitative estimate of drug-likeness (QED) is 0.369. The molecule has 0 aliphatic rings.